The van der Waals surface area contributed by atoms with Gasteiger partial charge in [0.05, 0.1) is 22.9 Å². The molecule has 0 radical (unpaired) electrons. The van der Waals surface area contributed by atoms with Crippen LogP contribution < -0.4 is 5.73 Å². The fourth-order valence-electron chi connectivity index (χ4n) is 2.81. The standard InChI is InChI=1S/C14H15N5/c15-10-4-3-7-13-9(10)8-16-19(13)14-17-11-5-1-2-6-12(11)18-14/h1-2,5-6,8,10H,3-4,7,15H2,(H,17,18). The van der Waals surface area contributed by atoms with Crippen LogP contribution in [0.2, 0.25) is 0 Å². The number of para-hydroxylation sites is 2. The number of fused-ring (bicyclic) bond motifs is 2. The maximum Gasteiger partial charge on any atom is 0.229 e. The van der Waals surface area contributed by atoms with Crippen LogP contribution in [0.25, 0.3) is 17.0 Å². The highest BCUT2D eigenvalue weighted by atomic mass is 15.4. The van der Waals surface area contributed by atoms with Crippen LogP contribution in [0.4, 0.5) is 0 Å². The summed E-state index contributed by atoms with van der Waals surface area (Å²) in [6, 6.07) is 8.12. The van der Waals surface area contributed by atoms with E-state index in [0.29, 0.717) is 0 Å². The quantitative estimate of drug-likeness (QED) is 0.697. The number of hydrogen-bond donors (Lipinski definition) is 2. The Labute approximate surface area is 110 Å². The van der Waals surface area contributed by atoms with Gasteiger partial charge in [-0.3, -0.25) is 0 Å². The molecule has 0 aliphatic heterocycles. The van der Waals surface area contributed by atoms with Crippen molar-refractivity contribution in [2.24, 2.45) is 5.73 Å². The average Bonchev–Trinajstić information content (AvgIpc) is 3.02. The first-order valence-corrected chi connectivity index (χ1v) is 6.60. The molecule has 1 aliphatic rings. The van der Waals surface area contributed by atoms with Crippen molar-refractivity contribution in [1.29, 1.82) is 0 Å². The molecule has 1 atom stereocenters. The van der Waals surface area contributed by atoms with Gasteiger partial charge >= 0.3 is 0 Å². The number of H-pyrrole nitrogens is 1. The Morgan fingerprint density at radius 2 is 2.21 bits per heavy atom. The van der Waals surface area contributed by atoms with E-state index in [4.69, 9.17) is 5.73 Å². The van der Waals surface area contributed by atoms with Crippen molar-refractivity contribution in [3.63, 3.8) is 0 Å². The number of nitrogens with zero attached hydrogens (tertiary/aromatic N) is 3. The smallest absolute Gasteiger partial charge is 0.229 e. The van der Waals surface area contributed by atoms with Crippen molar-refractivity contribution in [3.05, 3.63) is 41.7 Å². The van der Waals surface area contributed by atoms with Crippen molar-refractivity contribution >= 4 is 11.0 Å². The molecule has 19 heavy (non-hydrogen) atoms. The van der Waals surface area contributed by atoms with Gasteiger partial charge in [-0.05, 0) is 31.4 Å². The largest absolute Gasteiger partial charge is 0.324 e. The lowest BCUT2D eigenvalue weighted by Crippen LogP contribution is -2.18. The van der Waals surface area contributed by atoms with Gasteiger partial charge in [0.15, 0.2) is 0 Å². The van der Waals surface area contributed by atoms with Gasteiger partial charge in [-0.2, -0.15) is 5.10 Å². The van der Waals surface area contributed by atoms with Gasteiger partial charge in [0.1, 0.15) is 0 Å². The second-order valence-electron chi connectivity index (χ2n) is 5.03. The van der Waals surface area contributed by atoms with Gasteiger partial charge in [-0.25, -0.2) is 9.67 Å². The van der Waals surface area contributed by atoms with Crippen LogP contribution in [0.5, 0.6) is 0 Å². The molecule has 2 heterocycles. The molecule has 2 aromatic heterocycles. The molecule has 5 nitrogen and oxygen atoms in total. The van der Waals surface area contributed by atoms with Gasteiger partial charge in [-0.1, -0.05) is 12.1 Å². The predicted octanol–water partition coefficient (Wildman–Crippen LogP) is 2.08. The number of imidazole rings is 1. The van der Waals surface area contributed by atoms with Crippen molar-refractivity contribution in [3.8, 4) is 5.95 Å². The fourth-order valence-corrected chi connectivity index (χ4v) is 2.81. The molecule has 0 saturated heterocycles. The number of nitrogens with two attached hydrogens (primary N) is 1. The summed E-state index contributed by atoms with van der Waals surface area (Å²) in [7, 11) is 0. The minimum Gasteiger partial charge on any atom is -0.324 e. The van der Waals surface area contributed by atoms with Crippen LogP contribution in [0.15, 0.2) is 30.5 Å². The molecule has 4 rings (SSSR count). The summed E-state index contributed by atoms with van der Waals surface area (Å²) in [4.78, 5) is 7.90. The summed E-state index contributed by atoms with van der Waals surface area (Å²) in [6.45, 7) is 0. The molecule has 1 unspecified atom stereocenters. The third kappa shape index (κ3) is 1.58. The van der Waals surface area contributed by atoms with Crippen molar-refractivity contribution < 1.29 is 0 Å². The molecule has 96 valence electrons. The van der Waals surface area contributed by atoms with Crippen LogP contribution in [0, 0.1) is 0 Å². The fraction of sp³-hybridized carbons (Fsp3) is 0.286. The van der Waals surface area contributed by atoms with E-state index in [2.05, 4.69) is 15.1 Å². The third-order valence-electron chi connectivity index (χ3n) is 3.81. The van der Waals surface area contributed by atoms with E-state index in [-0.39, 0.29) is 6.04 Å². The van der Waals surface area contributed by atoms with Gasteiger partial charge in [0, 0.05) is 11.6 Å². The number of aromatic nitrogens is 4. The molecule has 1 aliphatic carbocycles. The Morgan fingerprint density at radius 3 is 3.11 bits per heavy atom. The molecule has 5 heteroatoms. The number of hydrogen-bond acceptors (Lipinski definition) is 3. The van der Waals surface area contributed by atoms with Gasteiger partial charge in [-0.15, -0.1) is 0 Å². The van der Waals surface area contributed by atoms with Gasteiger partial charge in [0.25, 0.3) is 0 Å². The first kappa shape index (κ1) is 10.8. The van der Waals surface area contributed by atoms with E-state index in [1.807, 2.05) is 35.1 Å². The average molecular weight is 253 g/mol. The molecule has 3 aromatic rings. The van der Waals surface area contributed by atoms with Crippen LogP contribution in [0.3, 0.4) is 0 Å². The summed E-state index contributed by atoms with van der Waals surface area (Å²) >= 11 is 0. The highest BCUT2D eigenvalue weighted by Crippen LogP contribution is 2.29. The Hall–Kier alpha value is -2.14. The maximum atomic E-state index is 6.13. The molecule has 0 fully saturated rings. The lowest BCUT2D eigenvalue weighted by Gasteiger charge is -2.18. The monoisotopic (exact) mass is 253 g/mol. The van der Waals surface area contributed by atoms with Crippen LogP contribution in [-0.2, 0) is 6.42 Å². The van der Waals surface area contributed by atoms with E-state index in [9.17, 15) is 0 Å². The van der Waals surface area contributed by atoms with E-state index in [1.165, 1.54) is 5.69 Å². The molecule has 0 saturated carbocycles. The number of benzene rings is 1. The van der Waals surface area contributed by atoms with Crippen LogP contribution in [-0.4, -0.2) is 19.7 Å². The number of aromatic amines is 1. The van der Waals surface area contributed by atoms with Gasteiger partial charge < -0.3 is 10.7 Å². The number of nitrogens with one attached hydrogen (secondary N) is 1. The Bertz CT molecular complexity index is 706. The Balaban J connectivity index is 1.88. The summed E-state index contributed by atoms with van der Waals surface area (Å²) in [5.74, 6) is 0.775. The van der Waals surface area contributed by atoms with Crippen LogP contribution in [0.1, 0.15) is 30.1 Å². The van der Waals surface area contributed by atoms with E-state index in [1.54, 1.807) is 0 Å². The summed E-state index contributed by atoms with van der Waals surface area (Å²) in [6.07, 6.45) is 5.05. The highest BCUT2D eigenvalue weighted by molar-refractivity contribution is 5.75. The van der Waals surface area contributed by atoms with E-state index < -0.39 is 0 Å². The Kier molecular flexibility index (Phi) is 2.22. The van der Waals surface area contributed by atoms with Gasteiger partial charge in [0.2, 0.25) is 5.95 Å². The molecule has 1 aromatic carbocycles. The second kappa shape index (κ2) is 3.93. The molecular formula is C14H15N5. The predicted molar refractivity (Wildman–Crippen MR) is 73.1 cm³/mol. The topological polar surface area (TPSA) is 72.5 Å². The van der Waals surface area contributed by atoms with Crippen molar-refractivity contribution in [2.45, 2.75) is 25.3 Å². The summed E-state index contributed by atoms with van der Waals surface area (Å²) in [5, 5.41) is 4.46. The minimum absolute atomic E-state index is 0.113. The molecule has 0 spiro atoms. The normalized spacial score (nSPS) is 18.7. The second-order valence-corrected chi connectivity index (χ2v) is 5.03. The zero-order chi connectivity index (χ0) is 12.8. The minimum atomic E-state index is 0.113. The Morgan fingerprint density at radius 1 is 1.32 bits per heavy atom. The first-order valence-electron chi connectivity index (χ1n) is 6.60. The zero-order valence-electron chi connectivity index (χ0n) is 10.5. The first-order chi connectivity index (χ1) is 9.33. The van der Waals surface area contributed by atoms with E-state index in [0.717, 1.165) is 41.8 Å². The van der Waals surface area contributed by atoms with Crippen molar-refractivity contribution in [2.75, 3.05) is 0 Å². The van der Waals surface area contributed by atoms with Crippen LogP contribution >= 0.6 is 0 Å². The molecule has 0 amide bonds. The highest BCUT2D eigenvalue weighted by Gasteiger charge is 2.22. The number of rotatable bonds is 1. The lowest BCUT2D eigenvalue weighted by atomic mass is 9.94. The molecule has 3 N–H and O–H groups in total. The zero-order valence-corrected chi connectivity index (χ0v) is 10.5. The SMILES string of the molecule is NC1CCCc2c1cnn2-c1nc2ccccc2[nH]1. The van der Waals surface area contributed by atoms with Crippen molar-refractivity contribution in [1.82, 2.24) is 19.7 Å². The molecular weight excluding hydrogens is 238 g/mol. The summed E-state index contributed by atoms with van der Waals surface area (Å²) < 4.78 is 1.90. The molecule has 0 bridgehead atoms. The van der Waals surface area contributed by atoms with E-state index >= 15 is 0 Å². The lowest BCUT2D eigenvalue weighted by molar-refractivity contribution is 0.556. The summed E-state index contributed by atoms with van der Waals surface area (Å²) in [5.41, 5.74) is 10.5. The maximum absolute atomic E-state index is 6.13. The third-order valence-corrected chi connectivity index (χ3v) is 3.81.